The lowest BCUT2D eigenvalue weighted by Gasteiger charge is -1.98. The second kappa shape index (κ2) is 4.90. The van der Waals surface area contributed by atoms with Crippen molar-refractivity contribution in [3.8, 4) is 16.5 Å². The van der Waals surface area contributed by atoms with E-state index in [0.29, 0.717) is 11.7 Å². The third-order valence-electron chi connectivity index (χ3n) is 3.28. The minimum Gasteiger partial charge on any atom is -0.497 e. The Labute approximate surface area is 121 Å². The molecule has 0 aliphatic carbocycles. The van der Waals surface area contributed by atoms with Crippen molar-refractivity contribution in [2.45, 2.75) is 26.7 Å². The van der Waals surface area contributed by atoms with E-state index in [-0.39, 0.29) is 5.92 Å². The normalized spacial score (nSPS) is 11.4. The number of methoxy groups -OCH3 is 1. The van der Waals surface area contributed by atoms with E-state index in [1.807, 2.05) is 26.0 Å². The second-order valence-corrected chi connectivity index (χ2v) is 6.08. The van der Waals surface area contributed by atoms with Crippen LogP contribution >= 0.6 is 11.3 Å². The van der Waals surface area contributed by atoms with Gasteiger partial charge in [-0.2, -0.15) is 4.98 Å². The molecule has 0 N–H and O–H groups in total. The van der Waals surface area contributed by atoms with E-state index in [2.05, 4.69) is 23.1 Å². The Morgan fingerprint density at radius 1 is 1.30 bits per heavy atom. The molecule has 5 heteroatoms. The van der Waals surface area contributed by atoms with E-state index in [9.17, 15) is 0 Å². The summed E-state index contributed by atoms with van der Waals surface area (Å²) in [5.74, 6) is 2.45. The number of rotatable bonds is 3. The molecule has 0 radical (unpaired) electrons. The molecule has 0 amide bonds. The highest BCUT2D eigenvalue weighted by molar-refractivity contribution is 7.22. The number of benzene rings is 1. The summed E-state index contributed by atoms with van der Waals surface area (Å²) in [6, 6.07) is 6.09. The van der Waals surface area contributed by atoms with Crippen molar-refractivity contribution in [2.75, 3.05) is 7.11 Å². The molecule has 0 saturated carbocycles. The lowest BCUT2D eigenvalue weighted by Crippen LogP contribution is -1.86. The quantitative estimate of drug-likeness (QED) is 0.717. The average molecular weight is 288 g/mol. The van der Waals surface area contributed by atoms with E-state index in [0.717, 1.165) is 10.6 Å². The summed E-state index contributed by atoms with van der Waals surface area (Å²) < 4.78 is 11.7. The van der Waals surface area contributed by atoms with Gasteiger partial charge in [-0.15, -0.1) is 11.3 Å². The van der Waals surface area contributed by atoms with Crippen LogP contribution in [0.15, 0.2) is 22.7 Å². The molecule has 2 aromatic heterocycles. The van der Waals surface area contributed by atoms with Gasteiger partial charge in [-0.3, -0.25) is 0 Å². The largest absolute Gasteiger partial charge is 0.497 e. The highest BCUT2D eigenvalue weighted by atomic mass is 32.1. The number of hydrogen-bond acceptors (Lipinski definition) is 5. The molecule has 0 aliphatic heterocycles. The summed E-state index contributed by atoms with van der Waals surface area (Å²) in [5.41, 5.74) is 1.18. The summed E-state index contributed by atoms with van der Waals surface area (Å²) in [7, 11) is 1.68. The van der Waals surface area contributed by atoms with Gasteiger partial charge in [0.25, 0.3) is 0 Å². The number of hydrogen-bond donors (Lipinski definition) is 0. The van der Waals surface area contributed by atoms with Crippen molar-refractivity contribution in [1.29, 1.82) is 0 Å². The van der Waals surface area contributed by atoms with Crippen molar-refractivity contribution in [3.63, 3.8) is 0 Å². The predicted molar refractivity (Wildman–Crippen MR) is 80.5 cm³/mol. The minimum atomic E-state index is 0.242. The minimum absolute atomic E-state index is 0.242. The van der Waals surface area contributed by atoms with Crippen LogP contribution in [-0.4, -0.2) is 17.3 Å². The lowest BCUT2D eigenvalue weighted by molar-refractivity contribution is 0.366. The van der Waals surface area contributed by atoms with E-state index in [1.54, 1.807) is 18.4 Å². The number of aromatic nitrogens is 2. The fourth-order valence-corrected chi connectivity index (χ4v) is 3.27. The first-order valence-corrected chi connectivity index (χ1v) is 7.33. The van der Waals surface area contributed by atoms with Crippen LogP contribution in [0.3, 0.4) is 0 Å². The fraction of sp³-hybridized carbons (Fsp3) is 0.333. The number of fused-ring (bicyclic) bond motifs is 1. The van der Waals surface area contributed by atoms with Crippen LogP contribution in [-0.2, 0) is 0 Å². The monoisotopic (exact) mass is 288 g/mol. The van der Waals surface area contributed by atoms with Gasteiger partial charge in [-0.05, 0) is 36.1 Å². The average Bonchev–Trinajstić information content (AvgIpc) is 3.03. The Bertz CT molecular complexity index is 758. The molecule has 4 nitrogen and oxygen atoms in total. The molecule has 0 fully saturated rings. The molecule has 0 aliphatic rings. The van der Waals surface area contributed by atoms with Crippen molar-refractivity contribution in [1.82, 2.24) is 10.1 Å². The Morgan fingerprint density at radius 2 is 2.10 bits per heavy atom. The highest BCUT2D eigenvalue weighted by Gasteiger charge is 2.17. The van der Waals surface area contributed by atoms with E-state index in [1.165, 1.54) is 15.6 Å². The molecule has 1 aromatic carbocycles. The van der Waals surface area contributed by atoms with E-state index in [4.69, 9.17) is 9.26 Å². The molecule has 3 aromatic rings. The van der Waals surface area contributed by atoms with Crippen molar-refractivity contribution < 1.29 is 9.26 Å². The molecule has 0 saturated heterocycles. The first kappa shape index (κ1) is 13.1. The van der Waals surface area contributed by atoms with Gasteiger partial charge >= 0.3 is 0 Å². The lowest BCUT2D eigenvalue weighted by atomic mass is 10.1. The van der Waals surface area contributed by atoms with Crippen molar-refractivity contribution >= 4 is 21.4 Å². The van der Waals surface area contributed by atoms with Crippen LogP contribution in [0.1, 0.15) is 31.2 Å². The van der Waals surface area contributed by atoms with Gasteiger partial charge in [0, 0.05) is 10.6 Å². The molecular weight excluding hydrogens is 272 g/mol. The van der Waals surface area contributed by atoms with Crippen LogP contribution in [0.2, 0.25) is 0 Å². The Kier molecular flexibility index (Phi) is 3.22. The zero-order valence-electron chi connectivity index (χ0n) is 11.9. The Morgan fingerprint density at radius 3 is 2.75 bits per heavy atom. The molecule has 3 rings (SSSR count). The van der Waals surface area contributed by atoms with Gasteiger partial charge in [-0.1, -0.05) is 19.0 Å². The fourth-order valence-electron chi connectivity index (χ4n) is 2.11. The summed E-state index contributed by atoms with van der Waals surface area (Å²) in [6.45, 7) is 6.17. The summed E-state index contributed by atoms with van der Waals surface area (Å²) in [5, 5.41) is 5.31. The van der Waals surface area contributed by atoms with Crippen LogP contribution in [0, 0.1) is 6.92 Å². The SMILES string of the molecule is COc1ccc2c(C)c(-c3noc(C(C)C)n3)sc2c1. The Balaban J connectivity index is 2.13. The van der Waals surface area contributed by atoms with Crippen LogP contribution in [0.4, 0.5) is 0 Å². The third-order valence-corrected chi connectivity index (χ3v) is 4.53. The molecular formula is C15H16N2O2S. The molecule has 2 heterocycles. The topological polar surface area (TPSA) is 48.2 Å². The zero-order chi connectivity index (χ0) is 14.3. The summed E-state index contributed by atoms with van der Waals surface area (Å²) >= 11 is 1.67. The summed E-state index contributed by atoms with van der Waals surface area (Å²) in [6.07, 6.45) is 0. The van der Waals surface area contributed by atoms with Gasteiger partial charge < -0.3 is 9.26 Å². The number of ether oxygens (including phenoxy) is 1. The van der Waals surface area contributed by atoms with Crippen LogP contribution in [0.5, 0.6) is 5.75 Å². The first-order valence-electron chi connectivity index (χ1n) is 6.51. The standard InChI is InChI=1S/C15H16N2O2S/c1-8(2)15-16-14(17-19-15)13-9(3)11-6-5-10(18-4)7-12(11)20-13/h5-8H,1-4H3. The van der Waals surface area contributed by atoms with Gasteiger partial charge in [0.1, 0.15) is 5.75 Å². The van der Waals surface area contributed by atoms with Gasteiger partial charge in [-0.25, -0.2) is 0 Å². The molecule has 0 bridgehead atoms. The number of thiophene rings is 1. The van der Waals surface area contributed by atoms with Crippen molar-refractivity contribution in [2.24, 2.45) is 0 Å². The highest BCUT2D eigenvalue weighted by Crippen LogP contribution is 2.38. The van der Waals surface area contributed by atoms with E-state index < -0.39 is 0 Å². The first-order chi connectivity index (χ1) is 9.60. The smallest absolute Gasteiger partial charge is 0.229 e. The number of aryl methyl sites for hydroxylation is 1. The van der Waals surface area contributed by atoms with Crippen LogP contribution < -0.4 is 4.74 Å². The summed E-state index contributed by atoms with van der Waals surface area (Å²) in [4.78, 5) is 5.54. The maximum Gasteiger partial charge on any atom is 0.229 e. The zero-order valence-corrected chi connectivity index (χ0v) is 12.7. The Hall–Kier alpha value is -1.88. The number of nitrogens with zero attached hydrogens (tertiary/aromatic N) is 2. The maximum atomic E-state index is 5.30. The third kappa shape index (κ3) is 2.08. The molecule has 0 spiro atoms. The maximum absolute atomic E-state index is 5.30. The van der Waals surface area contributed by atoms with Gasteiger partial charge in [0.2, 0.25) is 11.7 Å². The molecule has 104 valence electrons. The van der Waals surface area contributed by atoms with Gasteiger partial charge in [0.15, 0.2) is 0 Å². The van der Waals surface area contributed by atoms with Crippen LogP contribution in [0.25, 0.3) is 20.8 Å². The molecule has 0 atom stereocenters. The van der Waals surface area contributed by atoms with Crippen molar-refractivity contribution in [3.05, 3.63) is 29.7 Å². The predicted octanol–water partition coefficient (Wildman–Crippen LogP) is 4.39. The second-order valence-electron chi connectivity index (χ2n) is 5.03. The molecule has 0 unspecified atom stereocenters. The van der Waals surface area contributed by atoms with Gasteiger partial charge in [0.05, 0.1) is 12.0 Å². The molecule has 20 heavy (non-hydrogen) atoms. The van der Waals surface area contributed by atoms with E-state index >= 15 is 0 Å².